The first-order chi connectivity index (χ1) is 16.3. The van der Waals surface area contributed by atoms with Crippen molar-refractivity contribution in [1.29, 1.82) is 0 Å². The van der Waals surface area contributed by atoms with Crippen molar-refractivity contribution in [3.8, 4) is 0 Å². The van der Waals surface area contributed by atoms with Gasteiger partial charge in [-0.15, -0.1) is 0 Å². The number of nitrogens with zero attached hydrogens (tertiary/aromatic N) is 4. The Bertz CT molecular complexity index is 1000. The van der Waals surface area contributed by atoms with E-state index >= 15 is 0 Å². The Morgan fingerprint density at radius 1 is 1.09 bits per heavy atom. The molecule has 2 heterocycles. The first kappa shape index (κ1) is 25.4. The molecule has 2 fully saturated rings. The zero-order chi connectivity index (χ0) is 24.8. The van der Waals surface area contributed by atoms with Crippen LogP contribution in [0.2, 0.25) is 0 Å². The van der Waals surface area contributed by atoms with Crippen molar-refractivity contribution >= 4 is 23.9 Å². The maximum Gasteiger partial charge on any atom is 0.263 e. The van der Waals surface area contributed by atoms with Crippen molar-refractivity contribution in [1.82, 2.24) is 14.7 Å². The Labute approximate surface area is 202 Å². The molecule has 0 N–H and O–H groups in total. The number of carbonyl (C=O) groups is 3. The van der Waals surface area contributed by atoms with Gasteiger partial charge < -0.3 is 9.80 Å². The predicted octanol–water partition coefficient (Wildman–Crippen LogP) is 3.77. The highest BCUT2D eigenvalue weighted by atomic mass is 16.2. The maximum absolute atomic E-state index is 13.4. The summed E-state index contributed by atoms with van der Waals surface area (Å²) in [4.78, 5) is 47.3. The summed E-state index contributed by atoms with van der Waals surface area (Å²) in [5, 5.41) is 0. The highest BCUT2D eigenvalue weighted by Gasteiger charge is 2.40. The van der Waals surface area contributed by atoms with Crippen molar-refractivity contribution in [2.24, 2.45) is 4.99 Å². The van der Waals surface area contributed by atoms with E-state index in [1.165, 1.54) is 6.92 Å². The molecular weight excluding hydrogens is 428 g/mol. The zero-order valence-electron chi connectivity index (χ0n) is 20.8. The molecule has 0 radical (unpaired) electrons. The summed E-state index contributed by atoms with van der Waals surface area (Å²) < 4.78 is 0. The summed E-state index contributed by atoms with van der Waals surface area (Å²) in [6.45, 7) is 14.2. The normalized spacial score (nSPS) is 23.1. The summed E-state index contributed by atoms with van der Waals surface area (Å²) in [6.07, 6.45) is 12.6. The molecule has 1 aliphatic carbocycles. The number of carbonyl (C=O) groups excluding carboxylic acids is 3. The second-order valence-corrected chi connectivity index (χ2v) is 8.97. The van der Waals surface area contributed by atoms with Crippen LogP contribution in [0, 0.1) is 0 Å². The Morgan fingerprint density at radius 3 is 2.26 bits per heavy atom. The zero-order valence-corrected chi connectivity index (χ0v) is 20.8. The topological polar surface area (TPSA) is 73.3 Å². The number of aliphatic imine (C=N–C) groups is 1. The van der Waals surface area contributed by atoms with Crippen LogP contribution in [0.5, 0.6) is 0 Å². The molecule has 0 unspecified atom stereocenters. The first-order valence-corrected chi connectivity index (χ1v) is 12.1. The third kappa shape index (κ3) is 5.29. The van der Waals surface area contributed by atoms with E-state index in [0.29, 0.717) is 30.2 Å². The predicted molar refractivity (Wildman–Crippen MR) is 135 cm³/mol. The second-order valence-electron chi connectivity index (χ2n) is 8.97. The molecule has 0 spiro atoms. The van der Waals surface area contributed by atoms with Gasteiger partial charge in [0.2, 0.25) is 6.41 Å². The number of Topliss-reactive ketones (excluding diaryl/α,β-unsaturated/α-hetero) is 1. The fraction of sp³-hybridized carbons (Fsp3) is 0.481. The quantitative estimate of drug-likeness (QED) is 0.327. The van der Waals surface area contributed by atoms with Crippen molar-refractivity contribution in [2.45, 2.75) is 59.4 Å². The van der Waals surface area contributed by atoms with Crippen LogP contribution in [0.3, 0.4) is 0 Å². The van der Waals surface area contributed by atoms with Gasteiger partial charge in [-0.1, -0.05) is 31.6 Å². The lowest BCUT2D eigenvalue weighted by molar-refractivity contribution is -0.128. The monoisotopic (exact) mass is 464 g/mol. The maximum atomic E-state index is 13.4. The van der Waals surface area contributed by atoms with Gasteiger partial charge in [-0.05, 0) is 58.3 Å². The molecule has 0 aromatic rings. The minimum atomic E-state index is -0.250. The van der Waals surface area contributed by atoms with Crippen LogP contribution >= 0.6 is 0 Å². The molecule has 0 atom stereocenters. The average Bonchev–Trinajstić information content (AvgIpc) is 3.34. The smallest absolute Gasteiger partial charge is 0.263 e. The van der Waals surface area contributed by atoms with E-state index in [4.69, 9.17) is 4.99 Å². The SMILES string of the molecule is C=C(/C=C\C(=C/C)N1CCN(C=O)CC1)N=C1/C(=C\C)C(C)=C(C(C)=O)C(=O)N1C1CCCC1. The summed E-state index contributed by atoms with van der Waals surface area (Å²) >= 11 is 0. The lowest BCUT2D eigenvalue weighted by atomic mass is 9.90. The number of rotatable bonds is 7. The van der Waals surface area contributed by atoms with Crippen LogP contribution in [0.1, 0.15) is 53.4 Å². The average molecular weight is 465 g/mol. The second kappa shape index (κ2) is 11.3. The molecule has 1 saturated heterocycles. The largest absolute Gasteiger partial charge is 0.368 e. The van der Waals surface area contributed by atoms with Gasteiger partial charge in [0.15, 0.2) is 5.78 Å². The number of allylic oxidation sites excluding steroid dienone is 4. The van der Waals surface area contributed by atoms with Crippen molar-refractivity contribution < 1.29 is 14.4 Å². The molecule has 3 aliphatic rings. The van der Waals surface area contributed by atoms with E-state index in [2.05, 4.69) is 11.5 Å². The van der Waals surface area contributed by atoms with Crippen molar-refractivity contribution in [3.05, 3.63) is 59.0 Å². The molecular formula is C27H36N4O3. The van der Waals surface area contributed by atoms with Gasteiger partial charge >= 0.3 is 0 Å². The first-order valence-electron chi connectivity index (χ1n) is 12.1. The van der Waals surface area contributed by atoms with Crippen LogP contribution in [-0.2, 0) is 14.4 Å². The van der Waals surface area contributed by atoms with Crippen molar-refractivity contribution in [2.75, 3.05) is 26.2 Å². The van der Waals surface area contributed by atoms with Gasteiger partial charge in [0.25, 0.3) is 5.91 Å². The minimum absolute atomic E-state index is 0.0423. The highest BCUT2D eigenvalue weighted by Crippen LogP contribution is 2.34. The van der Waals surface area contributed by atoms with Gasteiger partial charge in [-0.3, -0.25) is 19.3 Å². The minimum Gasteiger partial charge on any atom is -0.368 e. The van der Waals surface area contributed by atoms with E-state index in [-0.39, 0.29) is 23.3 Å². The number of hydrogen-bond acceptors (Lipinski definition) is 5. The molecule has 0 bridgehead atoms. The highest BCUT2D eigenvalue weighted by molar-refractivity contribution is 6.29. The molecule has 1 saturated carbocycles. The van der Waals surface area contributed by atoms with Crippen molar-refractivity contribution in [3.63, 3.8) is 0 Å². The fourth-order valence-corrected chi connectivity index (χ4v) is 5.01. The summed E-state index contributed by atoms with van der Waals surface area (Å²) in [7, 11) is 0. The fourth-order valence-electron chi connectivity index (χ4n) is 5.01. The van der Waals surface area contributed by atoms with Crippen LogP contribution in [0.15, 0.2) is 64.0 Å². The number of ketones is 1. The van der Waals surface area contributed by atoms with E-state index in [1.54, 1.807) is 9.80 Å². The number of piperazine rings is 1. The molecule has 3 rings (SSSR count). The van der Waals surface area contributed by atoms with E-state index in [1.807, 2.05) is 45.1 Å². The van der Waals surface area contributed by atoms with Crippen LogP contribution in [0.4, 0.5) is 0 Å². The molecule has 2 aliphatic heterocycles. The van der Waals surface area contributed by atoms with E-state index in [0.717, 1.165) is 56.5 Å². The molecule has 7 nitrogen and oxygen atoms in total. The van der Waals surface area contributed by atoms with Crippen LogP contribution < -0.4 is 0 Å². The van der Waals surface area contributed by atoms with E-state index < -0.39 is 0 Å². The van der Waals surface area contributed by atoms with Gasteiger partial charge in [-0.2, -0.15) is 0 Å². The Balaban J connectivity index is 1.90. The Kier molecular flexibility index (Phi) is 8.42. The van der Waals surface area contributed by atoms with E-state index in [9.17, 15) is 14.4 Å². The molecule has 0 aromatic heterocycles. The molecule has 182 valence electrons. The number of amides is 2. The molecule has 7 heteroatoms. The molecule has 34 heavy (non-hydrogen) atoms. The Morgan fingerprint density at radius 2 is 1.74 bits per heavy atom. The molecule has 0 aromatic carbocycles. The summed E-state index contributed by atoms with van der Waals surface area (Å²) in [5.74, 6) is 0.119. The lowest BCUT2D eigenvalue weighted by Gasteiger charge is -2.36. The Hall–Kier alpha value is -3.22. The standard InChI is InChI=1S/C27H36N4O3/c1-6-22(30-16-14-29(18-32)15-17-30)13-12-19(3)28-26-24(7-2)20(4)25(21(5)33)27(34)31(26)23-10-8-9-11-23/h6-7,12-13,18,23H,3,8-11,14-17H2,1-2,4-5H3/b13-12-,22-6+,24-7-,28-26?. The lowest BCUT2D eigenvalue weighted by Crippen LogP contribution is -2.49. The van der Waals surface area contributed by atoms with Crippen LogP contribution in [0.25, 0.3) is 0 Å². The van der Waals surface area contributed by atoms with Crippen LogP contribution in [-0.4, -0.2) is 70.9 Å². The van der Waals surface area contributed by atoms with Gasteiger partial charge in [0, 0.05) is 43.5 Å². The third-order valence-corrected chi connectivity index (χ3v) is 6.83. The summed E-state index contributed by atoms with van der Waals surface area (Å²) in [5.41, 5.74) is 3.32. The van der Waals surface area contributed by atoms with Gasteiger partial charge in [-0.25, -0.2) is 4.99 Å². The van der Waals surface area contributed by atoms with Gasteiger partial charge in [0.1, 0.15) is 5.84 Å². The summed E-state index contributed by atoms with van der Waals surface area (Å²) in [6, 6.07) is 0.0423. The number of amidine groups is 1. The molecule has 2 amide bonds. The van der Waals surface area contributed by atoms with Gasteiger partial charge in [0.05, 0.1) is 11.3 Å². The third-order valence-electron chi connectivity index (χ3n) is 6.83. The number of hydrogen-bond donors (Lipinski definition) is 0.